The number of amides is 1. The van der Waals surface area contributed by atoms with Crippen molar-refractivity contribution < 1.29 is 4.79 Å². The summed E-state index contributed by atoms with van der Waals surface area (Å²) in [7, 11) is 0. The lowest BCUT2D eigenvalue weighted by Gasteiger charge is -2.27. The molecule has 0 radical (unpaired) electrons. The number of rotatable bonds is 1. The van der Waals surface area contributed by atoms with Gasteiger partial charge in [0.1, 0.15) is 0 Å². The number of aromatic amines is 1. The molecule has 1 aliphatic rings. The predicted octanol–water partition coefficient (Wildman–Crippen LogP) is 0.0646. The van der Waals surface area contributed by atoms with E-state index in [0.29, 0.717) is 19.5 Å². The zero-order valence-electron chi connectivity index (χ0n) is 8.62. The Labute approximate surface area is 87.1 Å². The lowest BCUT2D eigenvalue weighted by molar-refractivity contribution is -0.131. The van der Waals surface area contributed by atoms with Gasteiger partial charge in [-0.25, -0.2) is 5.10 Å². The standard InChI is InChI=1S/C10H13N3O2/c1-2-10(15)13-4-3-8-7(6-13)5-9(14)12-11-8/h5H,2-4,6H2,1H3,(H,12,14). The highest BCUT2D eigenvalue weighted by Crippen LogP contribution is 2.14. The summed E-state index contributed by atoms with van der Waals surface area (Å²) >= 11 is 0. The van der Waals surface area contributed by atoms with Gasteiger partial charge in [-0.2, -0.15) is 5.10 Å². The van der Waals surface area contributed by atoms with Gasteiger partial charge in [0, 0.05) is 37.6 Å². The summed E-state index contributed by atoms with van der Waals surface area (Å²) in [6.07, 6.45) is 1.23. The van der Waals surface area contributed by atoms with Crippen molar-refractivity contribution >= 4 is 5.91 Å². The fraction of sp³-hybridized carbons (Fsp3) is 0.500. The van der Waals surface area contributed by atoms with E-state index < -0.39 is 0 Å². The molecule has 0 saturated carbocycles. The molecule has 5 nitrogen and oxygen atoms in total. The number of carbonyl (C=O) groups excluding carboxylic acids is 1. The number of nitrogens with one attached hydrogen (secondary N) is 1. The molecule has 2 heterocycles. The van der Waals surface area contributed by atoms with Gasteiger partial charge in [-0.15, -0.1) is 0 Å². The van der Waals surface area contributed by atoms with Crippen molar-refractivity contribution in [1.29, 1.82) is 0 Å². The second-order valence-corrected chi connectivity index (χ2v) is 3.62. The smallest absolute Gasteiger partial charge is 0.264 e. The molecule has 1 aromatic heterocycles. The highest BCUT2D eigenvalue weighted by molar-refractivity contribution is 5.76. The Bertz CT molecular complexity index is 439. The van der Waals surface area contributed by atoms with Gasteiger partial charge in [0.25, 0.3) is 5.56 Å². The monoisotopic (exact) mass is 207 g/mol. The van der Waals surface area contributed by atoms with E-state index in [0.717, 1.165) is 17.7 Å². The molecule has 0 unspecified atom stereocenters. The van der Waals surface area contributed by atoms with Crippen LogP contribution in [0.25, 0.3) is 0 Å². The van der Waals surface area contributed by atoms with E-state index in [2.05, 4.69) is 10.2 Å². The molecule has 0 fully saturated rings. The molecular formula is C10H13N3O2. The van der Waals surface area contributed by atoms with Crippen LogP contribution in [0, 0.1) is 0 Å². The summed E-state index contributed by atoms with van der Waals surface area (Å²) in [4.78, 5) is 24.3. The number of hydrogen-bond donors (Lipinski definition) is 1. The Morgan fingerprint density at radius 3 is 3.20 bits per heavy atom. The second kappa shape index (κ2) is 3.84. The zero-order chi connectivity index (χ0) is 10.8. The van der Waals surface area contributed by atoms with Crippen LogP contribution in [0.15, 0.2) is 10.9 Å². The molecule has 0 spiro atoms. The van der Waals surface area contributed by atoms with E-state index in [4.69, 9.17) is 0 Å². The summed E-state index contributed by atoms with van der Waals surface area (Å²) in [6.45, 7) is 3.05. The van der Waals surface area contributed by atoms with Crippen LogP contribution in [-0.2, 0) is 17.8 Å². The van der Waals surface area contributed by atoms with Gasteiger partial charge in [-0.1, -0.05) is 6.92 Å². The van der Waals surface area contributed by atoms with Crippen LogP contribution in [0.5, 0.6) is 0 Å². The zero-order valence-corrected chi connectivity index (χ0v) is 8.62. The molecule has 0 aromatic carbocycles. The minimum Gasteiger partial charge on any atom is -0.338 e. The maximum Gasteiger partial charge on any atom is 0.264 e. The summed E-state index contributed by atoms with van der Waals surface area (Å²) < 4.78 is 0. The first-order valence-electron chi connectivity index (χ1n) is 5.06. The summed E-state index contributed by atoms with van der Waals surface area (Å²) in [6, 6.07) is 1.53. The van der Waals surface area contributed by atoms with Gasteiger partial charge < -0.3 is 4.90 Å². The van der Waals surface area contributed by atoms with Crippen molar-refractivity contribution in [2.75, 3.05) is 6.54 Å². The Morgan fingerprint density at radius 1 is 1.67 bits per heavy atom. The topological polar surface area (TPSA) is 66.1 Å². The van der Waals surface area contributed by atoms with Crippen LogP contribution in [0.4, 0.5) is 0 Å². The Balaban J connectivity index is 2.25. The molecule has 2 rings (SSSR count). The third kappa shape index (κ3) is 1.91. The van der Waals surface area contributed by atoms with Crippen LogP contribution in [0.1, 0.15) is 24.6 Å². The van der Waals surface area contributed by atoms with E-state index in [1.807, 2.05) is 6.92 Å². The van der Waals surface area contributed by atoms with E-state index in [1.54, 1.807) is 4.90 Å². The minimum absolute atomic E-state index is 0.126. The van der Waals surface area contributed by atoms with Crippen LogP contribution in [-0.4, -0.2) is 27.5 Å². The molecule has 0 bridgehead atoms. The largest absolute Gasteiger partial charge is 0.338 e. The van der Waals surface area contributed by atoms with Crippen molar-refractivity contribution in [3.8, 4) is 0 Å². The van der Waals surface area contributed by atoms with E-state index in [1.165, 1.54) is 6.07 Å². The molecule has 1 aliphatic heterocycles. The van der Waals surface area contributed by atoms with Gasteiger partial charge in [0.05, 0.1) is 5.69 Å². The maximum absolute atomic E-state index is 11.5. The van der Waals surface area contributed by atoms with Crippen LogP contribution >= 0.6 is 0 Å². The molecule has 1 aromatic rings. The van der Waals surface area contributed by atoms with E-state index in [9.17, 15) is 9.59 Å². The molecule has 1 amide bonds. The predicted molar refractivity (Wildman–Crippen MR) is 54.3 cm³/mol. The number of H-pyrrole nitrogens is 1. The van der Waals surface area contributed by atoms with Crippen LogP contribution < -0.4 is 5.56 Å². The van der Waals surface area contributed by atoms with Gasteiger partial charge in [-0.05, 0) is 0 Å². The number of aromatic nitrogens is 2. The van der Waals surface area contributed by atoms with Crippen LogP contribution in [0.3, 0.4) is 0 Å². The molecular weight excluding hydrogens is 194 g/mol. The third-order valence-corrected chi connectivity index (χ3v) is 2.61. The average molecular weight is 207 g/mol. The van der Waals surface area contributed by atoms with E-state index in [-0.39, 0.29) is 11.5 Å². The van der Waals surface area contributed by atoms with Crippen molar-refractivity contribution in [3.05, 3.63) is 27.7 Å². The first-order valence-corrected chi connectivity index (χ1v) is 5.06. The fourth-order valence-corrected chi connectivity index (χ4v) is 1.78. The van der Waals surface area contributed by atoms with Gasteiger partial charge >= 0.3 is 0 Å². The van der Waals surface area contributed by atoms with Crippen molar-refractivity contribution in [3.63, 3.8) is 0 Å². The average Bonchev–Trinajstić information content (AvgIpc) is 2.27. The summed E-state index contributed by atoms with van der Waals surface area (Å²) in [5.74, 6) is 0.126. The van der Waals surface area contributed by atoms with Gasteiger partial charge in [0.2, 0.25) is 5.91 Å². The molecule has 0 aliphatic carbocycles. The van der Waals surface area contributed by atoms with Gasteiger partial charge in [0.15, 0.2) is 0 Å². The molecule has 0 saturated heterocycles. The van der Waals surface area contributed by atoms with E-state index >= 15 is 0 Å². The minimum atomic E-state index is -0.209. The summed E-state index contributed by atoms with van der Waals surface area (Å²) in [5.41, 5.74) is 1.56. The number of carbonyl (C=O) groups is 1. The number of nitrogens with zero attached hydrogens (tertiary/aromatic N) is 2. The molecule has 80 valence electrons. The highest BCUT2D eigenvalue weighted by Gasteiger charge is 2.20. The fourth-order valence-electron chi connectivity index (χ4n) is 1.78. The summed E-state index contributed by atoms with van der Waals surface area (Å²) in [5, 5.41) is 6.37. The maximum atomic E-state index is 11.5. The highest BCUT2D eigenvalue weighted by atomic mass is 16.2. The lowest BCUT2D eigenvalue weighted by atomic mass is 10.1. The third-order valence-electron chi connectivity index (χ3n) is 2.61. The van der Waals surface area contributed by atoms with Crippen molar-refractivity contribution in [1.82, 2.24) is 15.1 Å². The number of hydrogen-bond acceptors (Lipinski definition) is 3. The lowest BCUT2D eigenvalue weighted by Crippen LogP contribution is -2.36. The first-order chi connectivity index (χ1) is 7.20. The first kappa shape index (κ1) is 9.89. The Morgan fingerprint density at radius 2 is 2.47 bits per heavy atom. The SMILES string of the molecule is CCC(=O)N1CCc2n[nH]c(=O)cc2C1. The number of fused-ring (bicyclic) bond motifs is 1. The molecule has 15 heavy (non-hydrogen) atoms. The van der Waals surface area contributed by atoms with Crippen LogP contribution in [0.2, 0.25) is 0 Å². The normalized spacial score (nSPS) is 14.9. The quantitative estimate of drug-likeness (QED) is 0.708. The Hall–Kier alpha value is -1.65. The van der Waals surface area contributed by atoms with Crippen molar-refractivity contribution in [2.45, 2.75) is 26.3 Å². The molecule has 0 atom stereocenters. The Kier molecular flexibility index (Phi) is 2.53. The van der Waals surface area contributed by atoms with Gasteiger partial charge in [-0.3, -0.25) is 9.59 Å². The molecule has 5 heteroatoms. The second-order valence-electron chi connectivity index (χ2n) is 3.62. The molecule has 1 N–H and O–H groups in total. The van der Waals surface area contributed by atoms with Crippen molar-refractivity contribution in [2.24, 2.45) is 0 Å².